The van der Waals surface area contributed by atoms with Gasteiger partial charge in [0.15, 0.2) is 5.28 Å². The first-order valence-electron chi connectivity index (χ1n) is 8.19. The topological polar surface area (TPSA) is 146 Å². The normalized spacial score (nSPS) is 13.4. The van der Waals surface area contributed by atoms with E-state index in [2.05, 4.69) is 5.32 Å². The van der Waals surface area contributed by atoms with Crippen LogP contribution >= 0.6 is 7.60 Å². The van der Waals surface area contributed by atoms with Crippen molar-refractivity contribution < 1.29 is 23.9 Å². The van der Waals surface area contributed by atoms with Crippen molar-refractivity contribution in [2.75, 3.05) is 0 Å². The molecular weight excluding hydrogens is 369 g/mol. The molecule has 0 aliphatic carbocycles. The minimum absolute atomic E-state index is 0.0309. The summed E-state index contributed by atoms with van der Waals surface area (Å²) in [5.41, 5.74) is 6.75. The van der Waals surface area contributed by atoms with E-state index in [0.29, 0.717) is 5.56 Å². The van der Waals surface area contributed by atoms with Gasteiger partial charge in [0, 0.05) is 5.56 Å². The number of benzene rings is 2. The van der Waals surface area contributed by atoms with Crippen molar-refractivity contribution in [1.29, 1.82) is 5.41 Å². The van der Waals surface area contributed by atoms with Gasteiger partial charge in [0.05, 0.1) is 0 Å². The van der Waals surface area contributed by atoms with Crippen molar-refractivity contribution in [3.8, 4) is 0 Å². The highest BCUT2D eigenvalue weighted by Gasteiger charge is 2.48. The first-order valence-corrected chi connectivity index (χ1v) is 9.80. The van der Waals surface area contributed by atoms with Crippen LogP contribution < -0.4 is 11.1 Å². The van der Waals surface area contributed by atoms with E-state index in [9.17, 15) is 19.1 Å². The Kier molecular flexibility index (Phi) is 6.38. The highest BCUT2D eigenvalue weighted by atomic mass is 31.2. The van der Waals surface area contributed by atoms with Gasteiger partial charge in [-0.05, 0) is 17.5 Å². The zero-order valence-corrected chi connectivity index (χ0v) is 15.6. The van der Waals surface area contributed by atoms with Crippen molar-refractivity contribution in [3.63, 3.8) is 0 Å². The summed E-state index contributed by atoms with van der Waals surface area (Å²) in [5.74, 6) is -0.171. The predicted molar refractivity (Wildman–Crippen MR) is 101 cm³/mol. The number of amides is 1. The Morgan fingerprint density at radius 1 is 1.19 bits per heavy atom. The molecule has 0 spiro atoms. The molecule has 0 bridgehead atoms. The molecule has 0 radical (unpaired) electrons. The maximum atomic E-state index is 12.3. The lowest BCUT2D eigenvalue weighted by atomic mass is 10.0. The summed E-state index contributed by atoms with van der Waals surface area (Å²) >= 11 is 0. The molecule has 2 aromatic rings. The van der Waals surface area contributed by atoms with Crippen LogP contribution in [0.2, 0.25) is 0 Å². The Morgan fingerprint density at radius 3 is 2.26 bits per heavy atom. The summed E-state index contributed by atoms with van der Waals surface area (Å²) in [4.78, 5) is 32.2. The van der Waals surface area contributed by atoms with Crippen LogP contribution in [0.15, 0.2) is 54.6 Å². The first-order chi connectivity index (χ1) is 12.7. The van der Waals surface area contributed by atoms with Gasteiger partial charge in [0.25, 0.3) is 0 Å². The molecular formula is C18H22N3O5P. The molecule has 6 N–H and O–H groups in total. The molecule has 27 heavy (non-hydrogen) atoms. The SMILES string of the molecule is CCC(NC(=O)OCc1ccccc1)(c1ccc(C(=N)N)cc1)P(=O)(O)O. The van der Waals surface area contributed by atoms with Crippen LogP contribution in [0.5, 0.6) is 0 Å². The Hall–Kier alpha value is -2.67. The lowest BCUT2D eigenvalue weighted by molar-refractivity contribution is 0.129. The number of nitrogen functional groups attached to an aromatic ring is 1. The van der Waals surface area contributed by atoms with E-state index in [1.54, 1.807) is 31.2 Å². The molecule has 144 valence electrons. The number of carbonyl (C=O) groups is 1. The molecule has 1 amide bonds. The summed E-state index contributed by atoms with van der Waals surface area (Å²) in [6, 6.07) is 14.7. The van der Waals surface area contributed by atoms with Gasteiger partial charge in [-0.3, -0.25) is 9.97 Å². The zero-order chi connectivity index (χ0) is 20.1. The number of amidine groups is 1. The Bertz CT molecular complexity index is 851. The highest BCUT2D eigenvalue weighted by molar-refractivity contribution is 7.53. The molecule has 1 unspecified atom stereocenters. The number of hydrogen-bond donors (Lipinski definition) is 5. The number of hydrogen-bond acceptors (Lipinski definition) is 4. The van der Waals surface area contributed by atoms with Crippen LogP contribution in [0.1, 0.15) is 30.0 Å². The number of nitrogens with two attached hydrogens (primary N) is 1. The minimum Gasteiger partial charge on any atom is -0.445 e. The molecule has 0 aromatic heterocycles. The minimum atomic E-state index is -4.81. The standard InChI is InChI=1S/C18H22N3O5P/c1-2-18(27(23,24)25,15-10-8-14(9-11-15)16(19)20)21-17(22)26-12-13-6-4-3-5-7-13/h3-11H,2,12H2,1H3,(H3,19,20)(H,21,22)(H2,23,24,25). The van der Waals surface area contributed by atoms with Crippen LogP contribution in [0, 0.1) is 5.41 Å². The van der Waals surface area contributed by atoms with Crippen LogP contribution in [-0.4, -0.2) is 21.7 Å². The Balaban J connectivity index is 2.26. The third-order valence-corrected chi connectivity index (χ3v) is 5.88. The number of carbonyl (C=O) groups excluding carboxylic acids is 1. The van der Waals surface area contributed by atoms with E-state index in [4.69, 9.17) is 15.9 Å². The molecule has 0 saturated carbocycles. The maximum Gasteiger partial charge on any atom is 0.408 e. The zero-order valence-electron chi connectivity index (χ0n) is 14.8. The van der Waals surface area contributed by atoms with E-state index in [-0.39, 0.29) is 24.4 Å². The van der Waals surface area contributed by atoms with Crippen LogP contribution in [0.25, 0.3) is 0 Å². The molecule has 2 aromatic carbocycles. The molecule has 2 rings (SSSR count). The van der Waals surface area contributed by atoms with E-state index in [0.717, 1.165) is 5.56 Å². The van der Waals surface area contributed by atoms with Gasteiger partial charge in [-0.15, -0.1) is 0 Å². The van der Waals surface area contributed by atoms with Crippen LogP contribution in [0.4, 0.5) is 4.79 Å². The second-order valence-electron chi connectivity index (χ2n) is 5.94. The van der Waals surface area contributed by atoms with Crippen molar-refractivity contribution in [2.45, 2.75) is 25.2 Å². The van der Waals surface area contributed by atoms with E-state index in [1.807, 2.05) is 6.07 Å². The summed E-state index contributed by atoms with van der Waals surface area (Å²) in [6.07, 6.45) is -1.02. The van der Waals surface area contributed by atoms with Crippen molar-refractivity contribution in [3.05, 3.63) is 71.3 Å². The van der Waals surface area contributed by atoms with Gasteiger partial charge in [-0.25, -0.2) is 4.79 Å². The van der Waals surface area contributed by atoms with E-state index < -0.39 is 19.0 Å². The number of nitrogens with one attached hydrogen (secondary N) is 2. The van der Waals surface area contributed by atoms with E-state index in [1.165, 1.54) is 24.3 Å². The maximum absolute atomic E-state index is 12.3. The largest absolute Gasteiger partial charge is 0.445 e. The van der Waals surface area contributed by atoms with Gasteiger partial charge in [0.2, 0.25) is 0 Å². The summed E-state index contributed by atoms with van der Waals surface area (Å²) in [6.45, 7) is 1.52. The van der Waals surface area contributed by atoms with E-state index >= 15 is 0 Å². The van der Waals surface area contributed by atoms with Gasteiger partial charge >= 0.3 is 13.7 Å². The van der Waals surface area contributed by atoms with Gasteiger partial charge in [0.1, 0.15) is 12.4 Å². The second-order valence-corrected chi connectivity index (χ2v) is 7.79. The molecule has 1 atom stereocenters. The van der Waals surface area contributed by atoms with Gasteiger partial charge in [-0.1, -0.05) is 61.5 Å². The van der Waals surface area contributed by atoms with Gasteiger partial charge in [-0.2, -0.15) is 0 Å². The first kappa shape index (κ1) is 20.6. The van der Waals surface area contributed by atoms with Crippen molar-refractivity contribution >= 4 is 19.5 Å². The lowest BCUT2D eigenvalue weighted by Gasteiger charge is -2.34. The quantitative estimate of drug-likeness (QED) is 0.279. The van der Waals surface area contributed by atoms with Crippen molar-refractivity contribution in [2.24, 2.45) is 5.73 Å². The number of alkyl carbamates (subject to hydrolysis) is 1. The molecule has 0 aliphatic rings. The third-order valence-electron chi connectivity index (χ3n) is 4.20. The van der Waals surface area contributed by atoms with Gasteiger partial charge < -0.3 is 25.6 Å². The predicted octanol–water partition coefficient (Wildman–Crippen LogP) is 2.64. The number of rotatable bonds is 7. The fourth-order valence-corrected chi connectivity index (χ4v) is 3.80. The second kappa shape index (κ2) is 8.35. The van der Waals surface area contributed by atoms with Crippen molar-refractivity contribution in [1.82, 2.24) is 5.32 Å². The summed E-state index contributed by atoms with van der Waals surface area (Å²) in [5, 5.41) is 7.81. The number of ether oxygens (including phenoxy) is 1. The highest BCUT2D eigenvalue weighted by Crippen LogP contribution is 2.57. The van der Waals surface area contributed by atoms with Crippen LogP contribution in [-0.2, 0) is 21.2 Å². The molecule has 9 heteroatoms. The Labute approximate surface area is 157 Å². The smallest absolute Gasteiger partial charge is 0.408 e. The average Bonchev–Trinajstić information content (AvgIpc) is 2.64. The molecule has 0 saturated heterocycles. The van der Waals surface area contributed by atoms with Crippen LogP contribution in [0.3, 0.4) is 0 Å². The molecule has 8 nitrogen and oxygen atoms in total. The lowest BCUT2D eigenvalue weighted by Crippen LogP contribution is -2.45. The fraction of sp³-hybridized carbons (Fsp3) is 0.222. The Morgan fingerprint density at radius 2 is 1.78 bits per heavy atom. The average molecular weight is 391 g/mol. The molecule has 0 fully saturated rings. The molecule has 0 heterocycles. The molecule has 0 aliphatic heterocycles. The third kappa shape index (κ3) is 4.74. The summed E-state index contributed by atoms with van der Waals surface area (Å²) in [7, 11) is -4.81. The summed E-state index contributed by atoms with van der Waals surface area (Å²) < 4.78 is 17.4. The fourth-order valence-electron chi connectivity index (χ4n) is 2.67. The monoisotopic (exact) mass is 391 g/mol.